The zero-order chi connectivity index (χ0) is 11.7. The topological polar surface area (TPSA) is 63.8 Å². The molecule has 0 radical (unpaired) electrons. The van der Waals surface area contributed by atoms with Crippen LogP contribution in [-0.2, 0) is 0 Å². The van der Waals surface area contributed by atoms with Crippen LogP contribution in [0.1, 0.15) is 29.1 Å². The molecule has 2 aromatic rings. The predicted octanol–water partition coefficient (Wildman–Crippen LogP) is 1.24. The third-order valence-electron chi connectivity index (χ3n) is 3.19. The summed E-state index contributed by atoms with van der Waals surface area (Å²) in [7, 11) is 0. The van der Waals surface area contributed by atoms with E-state index in [1.165, 1.54) is 5.56 Å². The first-order chi connectivity index (χ1) is 8.34. The molecule has 1 aliphatic heterocycles. The van der Waals surface area contributed by atoms with Gasteiger partial charge in [0, 0.05) is 31.4 Å². The van der Waals surface area contributed by atoms with Crippen molar-refractivity contribution >= 4 is 0 Å². The van der Waals surface area contributed by atoms with Gasteiger partial charge in [0.2, 0.25) is 5.89 Å². The molecule has 3 rings (SSSR count). The van der Waals surface area contributed by atoms with Crippen LogP contribution in [0, 0.1) is 6.92 Å². The van der Waals surface area contributed by atoms with Gasteiger partial charge in [0.25, 0.3) is 0 Å². The molecule has 0 saturated carbocycles. The number of nitrogens with zero attached hydrogens (tertiary/aromatic N) is 3. The van der Waals surface area contributed by atoms with E-state index in [0.717, 1.165) is 19.0 Å². The van der Waals surface area contributed by atoms with E-state index in [4.69, 9.17) is 4.52 Å². The molecule has 0 aromatic carbocycles. The quantitative estimate of drug-likeness (QED) is 0.841. The second kappa shape index (κ2) is 4.25. The van der Waals surface area contributed by atoms with Gasteiger partial charge < -0.3 is 9.84 Å². The Hall–Kier alpha value is -1.75. The lowest BCUT2D eigenvalue weighted by Gasteiger charge is -2.14. The Bertz CT molecular complexity index is 496. The first-order valence-corrected chi connectivity index (χ1v) is 5.75. The molecule has 0 amide bonds. The van der Waals surface area contributed by atoms with E-state index in [-0.39, 0.29) is 5.92 Å². The Balaban J connectivity index is 1.90. The smallest absolute Gasteiger partial charge is 0.231 e. The summed E-state index contributed by atoms with van der Waals surface area (Å²) < 4.78 is 5.28. The molecule has 1 aliphatic rings. The molecule has 2 atom stereocenters. The van der Waals surface area contributed by atoms with Gasteiger partial charge in [-0.15, -0.1) is 0 Å². The van der Waals surface area contributed by atoms with E-state index in [2.05, 4.69) is 26.5 Å². The average Bonchev–Trinajstić information content (AvgIpc) is 2.98. The van der Waals surface area contributed by atoms with Gasteiger partial charge in [0.1, 0.15) is 0 Å². The Morgan fingerprint density at radius 2 is 2.24 bits per heavy atom. The molecule has 2 aromatic heterocycles. The summed E-state index contributed by atoms with van der Waals surface area (Å²) in [6.07, 6.45) is 3.70. The van der Waals surface area contributed by atoms with Crippen molar-refractivity contribution in [3.63, 3.8) is 0 Å². The van der Waals surface area contributed by atoms with Crippen LogP contribution in [0.3, 0.4) is 0 Å². The summed E-state index contributed by atoms with van der Waals surface area (Å²) in [5.41, 5.74) is 1.22. The number of aromatic nitrogens is 3. The van der Waals surface area contributed by atoms with E-state index >= 15 is 0 Å². The minimum absolute atomic E-state index is 0.250. The molecular weight excluding hydrogens is 216 g/mol. The van der Waals surface area contributed by atoms with Crippen LogP contribution in [-0.4, -0.2) is 28.2 Å². The van der Waals surface area contributed by atoms with Crippen LogP contribution in [0.25, 0.3) is 0 Å². The third-order valence-corrected chi connectivity index (χ3v) is 3.19. The molecular formula is C12H14N4O. The highest BCUT2D eigenvalue weighted by Gasteiger charge is 2.33. The van der Waals surface area contributed by atoms with E-state index < -0.39 is 0 Å². The Kier molecular flexibility index (Phi) is 2.60. The normalized spacial score (nSPS) is 24.1. The standard InChI is InChI=1S/C12H14N4O/c1-8-15-12(17-16-8)11-7-14-6-10(11)9-3-2-4-13-5-9/h2-5,10-11,14H,6-7H2,1H3/t10-,11-/m0/s1. The summed E-state index contributed by atoms with van der Waals surface area (Å²) in [5, 5.41) is 7.23. The number of rotatable bonds is 2. The van der Waals surface area contributed by atoms with Crippen molar-refractivity contribution in [2.75, 3.05) is 13.1 Å². The summed E-state index contributed by atoms with van der Waals surface area (Å²) in [6.45, 7) is 3.65. The van der Waals surface area contributed by atoms with Gasteiger partial charge in [-0.2, -0.15) is 4.98 Å². The minimum atomic E-state index is 0.250. The second-order valence-electron chi connectivity index (χ2n) is 4.34. The number of hydrogen-bond donors (Lipinski definition) is 1. The van der Waals surface area contributed by atoms with Gasteiger partial charge >= 0.3 is 0 Å². The van der Waals surface area contributed by atoms with Crippen molar-refractivity contribution in [1.82, 2.24) is 20.4 Å². The van der Waals surface area contributed by atoms with Crippen molar-refractivity contribution in [1.29, 1.82) is 0 Å². The summed E-state index contributed by atoms with van der Waals surface area (Å²) in [4.78, 5) is 8.50. The molecule has 0 unspecified atom stereocenters. The molecule has 0 spiro atoms. The average molecular weight is 230 g/mol. The SMILES string of the molecule is Cc1noc([C@H]2CNC[C@H]2c2cccnc2)n1. The third kappa shape index (κ3) is 1.93. The Labute approximate surface area is 99.3 Å². The lowest BCUT2D eigenvalue weighted by Crippen LogP contribution is -2.09. The van der Waals surface area contributed by atoms with E-state index in [0.29, 0.717) is 11.7 Å². The van der Waals surface area contributed by atoms with Crippen LogP contribution in [0.15, 0.2) is 29.0 Å². The molecule has 1 fully saturated rings. The van der Waals surface area contributed by atoms with E-state index in [9.17, 15) is 0 Å². The molecule has 88 valence electrons. The molecule has 5 nitrogen and oxygen atoms in total. The highest BCUT2D eigenvalue weighted by Crippen LogP contribution is 2.34. The van der Waals surface area contributed by atoms with Crippen LogP contribution < -0.4 is 5.32 Å². The number of hydrogen-bond acceptors (Lipinski definition) is 5. The first kappa shape index (κ1) is 10.4. The van der Waals surface area contributed by atoms with Gasteiger partial charge in [-0.1, -0.05) is 11.2 Å². The van der Waals surface area contributed by atoms with Crippen LogP contribution in [0.2, 0.25) is 0 Å². The van der Waals surface area contributed by atoms with Crippen molar-refractivity contribution in [3.8, 4) is 0 Å². The molecule has 5 heteroatoms. The van der Waals surface area contributed by atoms with Crippen molar-refractivity contribution in [2.45, 2.75) is 18.8 Å². The summed E-state index contributed by atoms with van der Waals surface area (Å²) in [6, 6.07) is 4.06. The maximum Gasteiger partial charge on any atom is 0.231 e. The van der Waals surface area contributed by atoms with Crippen LogP contribution in [0.4, 0.5) is 0 Å². The van der Waals surface area contributed by atoms with Gasteiger partial charge in [-0.25, -0.2) is 0 Å². The van der Waals surface area contributed by atoms with Crippen LogP contribution in [0.5, 0.6) is 0 Å². The molecule has 1 N–H and O–H groups in total. The van der Waals surface area contributed by atoms with Crippen molar-refractivity contribution < 1.29 is 4.52 Å². The Morgan fingerprint density at radius 3 is 2.94 bits per heavy atom. The fourth-order valence-corrected chi connectivity index (χ4v) is 2.35. The zero-order valence-corrected chi connectivity index (χ0v) is 9.63. The molecule has 1 saturated heterocycles. The molecule has 0 bridgehead atoms. The fourth-order valence-electron chi connectivity index (χ4n) is 2.35. The highest BCUT2D eigenvalue weighted by atomic mass is 16.5. The van der Waals surface area contributed by atoms with E-state index in [1.807, 2.05) is 19.2 Å². The largest absolute Gasteiger partial charge is 0.339 e. The lowest BCUT2D eigenvalue weighted by atomic mass is 9.90. The lowest BCUT2D eigenvalue weighted by molar-refractivity contribution is 0.348. The minimum Gasteiger partial charge on any atom is -0.339 e. The fraction of sp³-hybridized carbons (Fsp3) is 0.417. The maximum absolute atomic E-state index is 5.28. The van der Waals surface area contributed by atoms with Gasteiger partial charge in [0.15, 0.2) is 5.82 Å². The number of pyridine rings is 1. The van der Waals surface area contributed by atoms with Gasteiger partial charge in [0.05, 0.1) is 5.92 Å². The van der Waals surface area contributed by atoms with Crippen LogP contribution >= 0.6 is 0 Å². The highest BCUT2D eigenvalue weighted by molar-refractivity contribution is 5.22. The van der Waals surface area contributed by atoms with Crippen molar-refractivity contribution in [2.24, 2.45) is 0 Å². The zero-order valence-electron chi connectivity index (χ0n) is 9.63. The van der Waals surface area contributed by atoms with E-state index in [1.54, 1.807) is 6.20 Å². The first-order valence-electron chi connectivity index (χ1n) is 5.75. The summed E-state index contributed by atoms with van der Waals surface area (Å²) in [5.74, 6) is 2.03. The van der Waals surface area contributed by atoms with Gasteiger partial charge in [-0.3, -0.25) is 4.98 Å². The second-order valence-corrected chi connectivity index (χ2v) is 4.34. The molecule has 0 aliphatic carbocycles. The predicted molar refractivity (Wildman–Crippen MR) is 61.6 cm³/mol. The van der Waals surface area contributed by atoms with Crippen molar-refractivity contribution in [3.05, 3.63) is 41.8 Å². The monoisotopic (exact) mass is 230 g/mol. The maximum atomic E-state index is 5.28. The van der Waals surface area contributed by atoms with Gasteiger partial charge in [-0.05, 0) is 18.6 Å². The molecule has 3 heterocycles. The number of aryl methyl sites for hydroxylation is 1. The molecule has 17 heavy (non-hydrogen) atoms. The Morgan fingerprint density at radius 1 is 1.35 bits per heavy atom. The number of nitrogens with one attached hydrogen (secondary N) is 1. The summed E-state index contributed by atoms with van der Waals surface area (Å²) >= 11 is 0.